The van der Waals surface area contributed by atoms with Gasteiger partial charge < -0.3 is 4.90 Å². The molecule has 0 aliphatic carbocycles. The minimum atomic E-state index is -3.30. The van der Waals surface area contributed by atoms with Gasteiger partial charge in [0.25, 0.3) is 0 Å². The number of sulfone groups is 1. The van der Waals surface area contributed by atoms with Crippen molar-refractivity contribution in [2.45, 2.75) is 36.5 Å². The number of carbonyl (C=O) groups is 1. The maximum absolute atomic E-state index is 12.6. The monoisotopic (exact) mass is 424 g/mol. The molecule has 0 radical (unpaired) electrons. The summed E-state index contributed by atoms with van der Waals surface area (Å²) in [4.78, 5) is 14.6. The van der Waals surface area contributed by atoms with Gasteiger partial charge in [0.1, 0.15) is 5.69 Å². The Morgan fingerprint density at radius 1 is 1.07 bits per heavy atom. The van der Waals surface area contributed by atoms with Gasteiger partial charge in [-0.2, -0.15) is 0 Å². The fourth-order valence-electron chi connectivity index (χ4n) is 3.38. The molecule has 2 aromatic carbocycles. The van der Waals surface area contributed by atoms with Crippen LogP contribution < -0.4 is 0 Å². The molecule has 1 aliphatic rings. The maximum atomic E-state index is 12.6. The van der Waals surface area contributed by atoms with Crippen molar-refractivity contribution in [3.63, 3.8) is 0 Å². The van der Waals surface area contributed by atoms with Crippen molar-refractivity contribution in [2.24, 2.45) is 0 Å². The van der Waals surface area contributed by atoms with E-state index in [4.69, 9.17) is 0 Å². The van der Waals surface area contributed by atoms with Crippen molar-refractivity contribution < 1.29 is 13.2 Å². The number of likely N-dealkylation sites (tertiary alicyclic amines) is 1. The maximum Gasteiger partial charge on any atom is 0.227 e. The van der Waals surface area contributed by atoms with Crippen LogP contribution in [0.1, 0.15) is 25.5 Å². The summed E-state index contributed by atoms with van der Waals surface area (Å²) >= 11 is 0. The van der Waals surface area contributed by atoms with Gasteiger partial charge in [-0.3, -0.25) is 4.79 Å². The number of benzene rings is 2. The van der Waals surface area contributed by atoms with Gasteiger partial charge in [0.15, 0.2) is 9.84 Å². The van der Waals surface area contributed by atoms with E-state index in [9.17, 15) is 13.2 Å². The lowest BCUT2D eigenvalue weighted by atomic mass is 10.1. The van der Waals surface area contributed by atoms with Crippen molar-refractivity contribution in [1.82, 2.24) is 19.9 Å². The van der Waals surface area contributed by atoms with Gasteiger partial charge in [-0.25, -0.2) is 13.1 Å². The Bertz CT molecular complexity index is 1130. The van der Waals surface area contributed by atoms with E-state index in [2.05, 4.69) is 10.3 Å². The van der Waals surface area contributed by atoms with E-state index in [-0.39, 0.29) is 23.3 Å². The lowest BCUT2D eigenvalue weighted by Crippen LogP contribution is -2.51. The number of carbonyl (C=O) groups excluding carboxylic acids is 1. The van der Waals surface area contributed by atoms with E-state index >= 15 is 0 Å². The Kier molecular flexibility index (Phi) is 5.42. The topological polar surface area (TPSA) is 85.2 Å². The molecule has 156 valence electrons. The summed E-state index contributed by atoms with van der Waals surface area (Å²) in [5, 5.41) is 7.97. The van der Waals surface area contributed by atoms with Crippen LogP contribution in [0.2, 0.25) is 0 Å². The normalized spacial score (nSPS) is 14.7. The van der Waals surface area contributed by atoms with E-state index in [0.717, 1.165) is 16.8 Å². The summed E-state index contributed by atoms with van der Waals surface area (Å²) in [6, 6.07) is 16.6. The molecule has 1 aliphatic heterocycles. The lowest BCUT2D eigenvalue weighted by Gasteiger charge is -2.39. The van der Waals surface area contributed by atoms with Gasteiger partial charge in [0, 0.05) is 18.7 Å². The van der Waals surface area contributed by atoms with Crippen LogP contribution in [0.4, 0.5) is 0 Å². The predicted octanol–water partition coefficient (Wildman–Crippen LogP) is 2.75. The third kappa shape index (κ3) is 4.00. The van der Waals surface area contributed by atoms with Crippen LogP contribution in [0.25, 0.3) is 11.3 Å². The van der Waals surface area contributed by atoms with Crippen molar-refractivity contribution in [3.8, 4) is 11.3 Å². The Balaban J connectivity index is 1.33. The number of aromatic nitrogens is 3. The summed E-state index contributed by atoms with van der Waals surface area (Å²) in [5.74, 6) is 0.0223. The van der Waals surface area contributed by atoms with E-state index < -0.39 is 15.1 Å². The van der Waals surface area contributed by atoms with Crippen molar-refractivity contribution in [2.75, 3.05) is 13.1 Å². The van der Waals surface area contributed by atoms with Crippen LogP contribution in [0, 0.1) is 0 Å². The Morgan fingerprint density at radius 3 is 2.37 bits per heavy atom. The fourth-order valence-corrected chi connectivity index (χ4v) is 4.44. The van der Waals surface area contributed by atoms with Crippen LogP contribution in [0.3, 0.4) is 0 Å². The summed E-state index contributed by atoms with van der Waals surface area (Å²) < 4.78 is 26.2. The van der Waals surface area contributed by atoms with Gasteiger partial charge in [-0.05, 0) is 31.5 Å². The van der Waals surface area contributed by atoms with Gasteiger partial charge in [0.05, 0.1) is 28.8 Å². The highest BCUT2D eigenvalue weighted by Gasteiger charge is 2.32. The van der Waals surface area contributed by atoms with Gasteiger partial charge in [-0.1, -0.05) is 47.7 Å². The molecule has 30 heavy (non-hydrogen) atoms. The summed E-state index contributed by atoms with van der Waals surface area (Å²) in [6.07, 6.45) is 2.16. The number of rotatable bonds is 6. The first-order valence-electron chi connectivity index (χ1n) is 9.92. The lowest BCUT2D eigenvalue weighted by molar-refractivity contribution is -0.136. The first-order valence-corrected chi connectivity index (χ1v) is 11.5. The van der Waals surface area contributed by atoms with Crippen LogP contribution in [0.5, 0.6) is 0 Å². The van der Waals surface area contributed by atoms with E-state index in [0.29, 0.717) is 13.1 Å². The molecule has 0 N–H and O–H groups in total. The molecule has 8 heteroatoms. The molecule has 3 aromatic rings. The van der Waals surface area contributed by atoms with E-state index in [1.807, 2.05) is 41.2 Å². The molecule has 0 unspecified atom stereocenters. The second-order valence-corrected chi connectivity index (χ2v) is 10.3. The van der Waals surface area contributed by atoms with E-state index in [1.165, 1.54) is 0 Å². The third-order valence-electron chi connectivity index (χ3n) is 5.40. The molecule has 0 bridgehead atoms. The summed E-state index contributed by atoms with van der Waals surface area (Å²) in [6.45, 7) is 4.50. The highest BCUT2D eigenvalue weighted by Crippen LogP contribution is 2.24. The van der Waals surface area contributed by atoms with Crippen molar-refractivity contribution >= 4 is 15.7 Å². The molecule has 4 rings (SSSR count). The minimum absolute atomic E-state index is 0.0223. The largest absolute Gasteiger partial charge is 0.338 e. The SMILES string of the molecule is CC(C)S(=O)(=O)c1ccc(CC(=O)N2CC(n3cc(-c4ccccc4)nn3)C2)cc1. The van der Waals surface area contributed by atoms with Crippen LogP contribution >= 0.6 is 0 Å². The predicted molar refractivity (Wildman–Crippen MR) is 114 cm³/mol. The minimum Gasteiger partial charge on any atom is -0.338 e. The van der Waals surface area contributed by atoms with E-state index in [1.54, 1.807) is 43.0 Å². The second-order valence-electron chi connectivity index (χ2n) is 7.82. The average Bonchev–Trinajstić information content (AvgIpc) is 3.17. The Labute approximate surface area is 176 Å². The van der Waals surface area contributed by atoms with Crippen LogP contribution in [-0.4, -0.2) is 52.6 Å². The van der Waals surface area contributed by atoms with Crippen LogP contribution in [0.15, 0.2) is 65.7 Å². The fraction of sp³-hybridized carbons (Fsp3) is 0.318. The highest BCUT2D eigenvalue weighted by atomic mass is 32.2. The summed E-state index contributed by atoms with van der Waals surface area (Å²) in [7, 11) is -3.30. The molecule has 1 amide bonds. The molecule has 2 heterocycles. The Hall–Kier alpha value is -3.00. The molecule has 1 saturated heterocycles. The number of amides is 1. The number of hydrogen-bond acceptors (Lipinski definition) is 5. The highest BCUT2D eigenvalue weighted by molar-refractivity contribution is 7.92. The average molecular weight is 425 g/mol. The number of hydrogen-bond donors (Lipinski definition) is 0. The zero-order chi connectivity index (χ0) is 21.3. The number of nitrogens with zero attached hydrogens (tertiary/aromatic N) is 4. The third-order valence-corrected chi connectivity index (χ3v) is 7.57. The van der Waals surface area contributed by atoms with Gasteiger partial charge in [-0.15, -0.1) is 5.10 Å². The molecule has 0 saturated carbocycles. The molecule has 1 aromatic heterocycles. The zero-order valence-corrected chi connectivity index (χ0v) is 17.8. The molecule has 0 atom stereocenters. The molecule has 0 spiro atoms. The quantitative estimate of drug-likeness (QED) is 0.607. The van der Waals surface area contributed by atoms with Gasteiger partial charge in [0.2, 0.25) is 5.91 Å². The standard InChI is InChI=1S/C22H24N4O3S/c1-16(2)30(28,29)20-10-8-17(9-11-20)12-22(27)25-13-19(14-25)26-15-21(23-24-26)18-6-4-3-5-7-18/h3-11,15-16,19H,12-14H2,1-2H3. The smallest absolute Gasteiger partial charge is 0.227 e. The first-order chi connectivity index (χ1) is 14.3. The van der Waals surface area contributed by atoms with Crippen LogP contribution in [-0.2, 0) is 21.1 Å². The Morgan fingerprint density at radius 2 is 1.73 bits per heavy atom. The molecular weight excluding hydrogens is 400 g/mol. The molecular formula is C22H24N4O3S. The van der Waals surface area contributed by atoms with Crippen molar-refractivity contribution in [3.05, 3.63) is 66.4 Å². The first kappa shape index (κ1) is 20.3. The zero-order valence-electron chi connectivity index (χ0n) is 17.0. The molecule has 1 fully saturated rings. The van der Waals surface area contributed by atoms with Gasteiger partial charge >= 0.3 is 0 Å². The summed E-state index contributed by atoms with van der Waals surface area (Å²) in [5.41, 5.74) is 2.63. The van der Waals surface area contributed by atoms with Crippen molar-refractivity contribution in [1.29, 1.82) is 0 Å². The molecule has 7 nitrogen and oxygen atoms in total. The second kappa shape index (κ2) is 8.02.